The fourth-order valence-electron chi connectivity index (χ4n) is 3.60. The number of nitrogens with zero attached hydrogens (tertiary/aromatic N) is 1. The maximum Gasteiger partial charge on any atom is 0.370 e. The molecule has 6 heteroatoms. The van der Waals surface area contributed by atoms with E-state index in [2.05, 4.69) is 35.3 Å². The Hall–Kier alpha value is -3.22. The van der Waals surface area contributed by atoms with Crippen LogP contribution in [0.25, 0.3) is 10.8 Å². The molecule has 0 fully saturated rings. The first kappa shape index (κ1) is 22.0. The monoisotopic (exact) mass is 447 g/mol. The van der Waals surface area contributed by atoms with E-state index in [1.54, 1.807) is 0 Å². The van der Waals surface area contributed by atoms with E-state index in [-0.39, 0.29) is 0 Å². The number of methoxy groups -OCH3 is 1. The molecule has 0 bridgehead atoms. The highest BCUT2D eigenvalue weighted by Crippen LogP contribution is 2.34. The number of aryl methyl sites for hydroxylation is 1. The molecule has 3 aromatic carbocycles. The summed E-state index contributed by atoms with van der Waals surface area (Å²) in [5.74, 6) is -1.06. The SMILES string of the molecule is CCC(OC)(OC(=O)c1nc(C)cs1)c1cccc(OCc2ccc3ccccc3c2)c1. The number of esters is 1. The fourth-order valence-corrected chi connectivity index (χ4v) is 4.27. The first-order valence-electron chi connectivity index (χ1n) is 10.4. The van der Waals surface area contributed by atoms with Crippen LogP contribution in [0.2, 0.25) is 0 Å². The smallest absolute Gasteiger partial charge is 0.370 e. The van der Waals surface area contributed by atoms with Crippen molar-refractivity contribution in [3.05, 3.63) is 93.9 Å². The number of hydrogen-bond acceptors (Lipinski definition) is 6. The number of carbonyl (C=O) groups excluding carboxylic acids is 1. The molecule has 0 aliphatic heterocycles. The van der Waals surface area contributed by atoms with E-state index in [1.807, 2.05) is 55.6 Å². The van der Waals surface area contributed by atoms with Gasteiger partial charge in [0, 0.05) is 30.2 Å². The Labute approximate surface area is 191 Å². The molecule has 0 radical (unpaired) electrons. The number of carbonyl (C=O) groups is 1. The lowest BCUT2D eigenvalue weighted by Gasteiger charge is -2.31. The Kier molecular flexibility index (Phi) is 6.53. The van der Waals surface area contributed by atoms with Gasteiger partial charge in [0.05, 0.1) is 0 Å². The van der Waals surface area contributed by atoms with Crippen molar-refractivity contribution in [2.45, 2.75) is 32.7 Å². The summed E-state index contributed by atoms with van der Waals surface area (Å²) in [6.45, 7) is 4.18. The van der Waals surface area contributed by atoms with Gasteiger partial charge in [0.25, 0.3) is 0 Å². The lowest BCUT2D eigenvalue weighted by Crippen LogP contribution is -2.34. The van der Waals surface area contributed by atoms with E-state index in [9.17, 15) is 4.79 Å². The molecule has 0 spiro atoms. The number of ether oxygens (including phenoxy) is 3. The zero-order valence-corrected chi connectivity index (χ0v) is 19.1. The van der Waals surface area contributed by atoms with E-state index in [1.165, 1.54) is 29.2 Å². The molecule has 1 unspecified atom stereocenters. The van der Waals surface area contributed by atoms with Crippen LogP contribution in [0.15, 0.2) is 72.1 Å². The van der Waals surface area contributed by atoms with Gasteiger partial charge in [-0.25, -0.2) is 9.78 Å². The van der Waals surface area contributed by atoms with Crippen LogP contribution in [0.3, 0.4) is 0 Å². The summed E-state index contributed by atoms with van der Waals surface area (Å²) in [4.78, 5) is 16.9. The first-order valence-corrected chi connectivity index (χ1v) is 11.3. The van der Waals surface area contributed by atoms with Crippen molar-refractivity contribution in [2.24, 2.45) is 0 Å². The average Bonchev–Trinajstić information content (AvgIpc) is 3.28. The summed E-state index contributed by atoms with van der Waals surface area (Å²) in [5.41, 5.74) is 2.57. The molecule has 4 rings (SSSR count). The molecule has 0 saturated carbocycles. The third kappa shape index (κ3) is 4.66. The molecule has 164 valence electrons. The van der Waals surface area contributed by atoms with Crippen LogP contribution in [-0.2, 0) is 21.9 Å². The summed E-state index contributed by atoms with van der Waals surface area (Å²) in [7, 11) is 1.53. The second-order valence-electron chi connectivity index (χ2n) is 7.49. The van der Waals surface area contributed by atoms with Crippen LogP contribution in [0.4, 0.5) is 0 Å². The lowest BCUT2D eigenvalue weighted by molar-refractivity contribution is -0.198. The van der Waals surface area contributed by atoms with Crippen molar-refractivity contribution in [2.75, 3.05) is 7.11 Å². The minimum absolute atomic E-state index is 0.307. The Morgan fingerprint density at radius 2 is 1.84 bits per heavy atom. The molecule has 32 heavy (non-hydrogen) atoms. The molecular formula is C26H25NO4S. The van der Waals surface area contributed by atoms with Gasteiger partial charge in [0.2, 0.25) is 10.8 Å². The van der Waals surface area contributed by atoms with Crippen molar-refractivity contribution in [1.29, 1.82) is 0 Å². The van der Waals surface area contributed by atoms with E-state index < -0.39 is 11.8 Å². The second kappa shape index (κ2) is 9.51. The van der Waals surface area contributed by atoms with Crippen LogP contribution >= 0.6 is 11.3 Å². The molecule has 0 aliphatic carbocycles. The van der Waals surface area contributed by atoms with Gasteiger partial charge in [-0.1, -0.05) is 55.5 Å². The molecule has 1 aromatic heterocycles. The van der Waals surface area contributed by atoms with Gasteiger partial charge in [0.1, 0.15) is 12.4 Å². The van der Waals surface area contributed by atoms with Gasteiger partial charge in [0.15, 0.2) is 0 Å². The molecule has 1 atom stereocenters. The van der Waals surface area contributed by atoms with Crippen LogP contribution in [0.5, 0.6) is 5.75 Å². The van der Waals surface area contributed by atoms with Gasteiger partial charge in [-0.3, -0.25) is 0 Å². The highest BCUT2D eigenvalue weighted by atomic mass is 32.1. The van der Waals surface area contributed by atoms with Crippen LogP contribution in [-0.4, -0.2) is 18.1 Å². The Balaban J connectivity index is 1.52. The predicted molar refractivity (Wildman–Crippen MR) is 126 cm³/mol. The topological polar surface area (TPSA) is 57.7 Å². The van der Waals surface area contributed by atoms with E-state index in [0.717, 1.165) is 11.3 Å². The number of hydrogen-bond donors (Lipinski definition) is 0. The summed E-state index contributed by atoms with van der Waals surface area (Å²) in [6, 6.07) is 22.0. The first-order chi connectivity index (χ1) is 15.5. The number of benzene rings is 3. The van der Waals surface area contributed by atoms with E-state index in [0.29, 0.717) is 29.3 Å². The molecule has 1 heterocycles. The standard InChI is InChI=1S/C26H25NO4S/c1-4-26(29-3,31-25(28)24-27-18(2)17-32-24)22-10-7-11-23(15-22)30-16-19-12-13-20-8-5-6-9-21(20)14-19/h5-15,17H,4,16H2,1-3H3. The molecule has 0 aliphatic rings. The minimum Gasteiger partial charge on any atom is -0.489 e. The van der Waals surface area contributed by atoms with Crippen molar-refractivity contribution in [3.63, 3.8) is 0 Å². The van der Waals surface area contributed by atoms with E-state index in [4.69, 9.17) is 14.2 Å². The van der Waals surface area contributed by atoms with Crippen LogP contribution < -0.4 is 4.74 Å². The summed E-state index contributed by atoms with van der Waals surface area (Å²) in [5, 5.41) is 4.50. The quantitative estimate of drug-likeness (QED) is 0.236. The minimum atomic E-state index is -1.22. The lowest BCUT2D eigenvalue weighted by atomic mass is 10.0. The maximum atomic E-state index is 12.7. The summed E-state index contributed by atoms with van der Waals surface area (Å²) < 4.78 is 17.6. The van der Waals surface area contributed by atoms with Crippen molar-refractivity contribution >= 4 is 28.1 Å². The molecule has 4 aromatic rings. The van der Waals surface area contributed by atoms with Crippen molar-refractivity contribution < 1.29 is 19.0 Å². The third-order valence-electron chi connectivity index (χ3n) is 5.34. The Morgan fingerprint density at radius 3 is 2.56 bits per heavy atom. The number of rotatable bonds is 8. The Bertz CT molecular complexity index is 1230. The van der Waals surface area contributed by atoms with Crippen molar-refractivity contribution in [3.8, 4) is 5.75 Å². The molecule has 5 nitrogen and oxygen atoms in total. The normalized spacial score (nSPS) is 13.0. The molecular weight excluding hydrogens is 422 g/mol. The Morgan fingerprint density at radius 1 is 1.03 bits per heavy atom. The number of thiazole rings is 1. The summed E-state index contributed by atoms with van der Waals surface area (Å²) in [6.07, 6.45) is 0.438. The zero-order valence-electron chi connectivity index (χ0n) is 18.3. The number of aromatic nitrogens is 1. The van der Waals surface area contributed by atoms with Crippen LogP contribution in [0.1, 0.15) is 40.0 Å². The highest BCUT2D eigenvalue weighted by molar-refractivity contribution is 7.11. The van der Waals surface area contributed by atoms with Gasteiger partial charge in [-0.2, -0.15) is 0 Å². The second-order valence-corrected chi connectivity index (χ2v) is 8.35. The highest BCUT2D eigenvalue weighted by Gasteiger charge is 2.36. The van der Waals surface area contributed by atoms with Gasteiger partial charge < -0.3 is 14.2 Å². The molecule has 0 N–H and O–H groups in total. The van der Waals surface area contributed by atoms with Gasteiger partial charge in [-0.05, 0) is 41.5 Å². The fraction of sp³-hybridized carbons (Fsp3) is 0.231. The van der Waals surface area contributed by atoms with Gasteiger partial charge in [-0.15, -0.1) is 11.3 Å². The molecule has 0 saturated heterocycles. The zero-order chi connectivity index (χ0) is 22.6. The third-order valence-corrected chi connectivity index (χ3v) is 6.28. The molecule has 0 amide bonds. The van der Waals surface area contributed by atoms with Gasteiger partial charge >= 0.3 is 5.97 Å². The van der Waals surface area contributed by atoms with E-state index >= 15 is 0 Å². The largest absolute Gasteiger partial charge is 0.489 e. The maximum absolute atomic E-state index is 12.7. The predicted octanol–water partition coefficient (Wildman–Crippen LogP) is 6.25. The van der Waals surface area contributed by atoms with Crippen LogP contribution in [0, 0.1) is 6.92 Å². The summed E-state index contributed by atoms with van der Waals surface area (Å²) >= 11 is 1.26. The number of fused-ring (bicyclic) bond motifs is 1. The average molecular weight is 448 g/mol. The van der Waals surface area contributed by atoms with Crippen molar-refractivity contribution in [1.82, 2.24) is 4.98 Å².